The van der Waals surface area contributed by atoms with Gasteiger partial charge in [-0.05, 0) is 18.2 Å². The molecule has 1 rings (SSSR count). The summed E-state index contributed by atoms with van der Waals surface area (Å²) in [5, 5.41) is 2.28. The van der Waals surface area contributed by atoms with Crippen LogP contribution in [0.1, 0.15) is 10.4 Å². The molecule has 0 aromatic heterocycles. The zero-order valence-electron chi connectivity index (χ0n) is 12.3. The Labute approximate surface area is 149 Å². The number of rotatable bonds is 7. The number of ether oxygens (including phenoxy) is 2. The minimum absolute atomic E-state index is 0. The highest BCUT2D eigenvalue weighted by atomic mass is 35.5. The van der Waals surface area contributed by atoms with Gasteiger partial charge in [-0.3, -0.25) is 4.79 Å². The molecule has 0 aliphatic rings. The molecule has 0 unspecified atom stereocenters. The highest BCUT2D eigenvalue weighted by Crippen LogP contribution is 2.27. The summed E-state index contributed by atoms with van der Waals surface area (Å²) >= 11 is 5.38. The Morgan fingerprint density at radius 3 is 2.12 bits per heavy atom. The van der Waals surface area contributed by atoms with Crippen LogP contribution >= 0.6 is 24.0 Å². The first kappa shape index (κ1) is 23.4. The van der Waals surface area contributed by atoms with E-state index in [1.807, 2.05) is 0 Å². The zero-order chi connectivity index (χ0) is 18.4. The van der Waals surface area contributed by atoms with Gasteiger partial charge in [0.15, 0.2) is 13.2 Å². The van der Waals surface area contributed by atoms with E-state index in [4.69, 9.17) is 11.6 Å². The first-order valence-electron chi connectivity index (χ1n) is 6.39. The molecule has 12 heteroatoms. The van der Waals surface area contributed by atoms with E-state index < -0.39 is 42.8 Å². The summed E-state index contributed by atoms with van der Waals surface area (Å²) in [6, 6.07) is 2.75. The van der Waals surface area contributed by atoms with Crippen LogP contribution in [0.3, 0.4) is 0 Å². The maximum absolute atomic E-state index is 12.2. The lowest BCUT2D eigenvalue weighted by Gasteiger charge is -2.15. The highest BCUT2D eigenvalue weighted by molar-refractivity contribution is 6.18. The Morgan fingerprint density at radius 2 is 1.60 bits per heavy atom. The number of amides is 1. The summed E-state index contributed by atoms with van der Waals surface area (Å²) in [6.45, 7) is -3.27. The molecule has 0 aliphatic heterocycles. The van der Waals surface area contributed by atoms with Crippen molar-refractivity contribution in [1.82, 2.24) is 5.32 Å². The third kappa shape index (κ3) is 9.49. The number of hydrogen-bond acceptors (Lipinski definition) is 3. The number of halogens is 8. The van der Waals surface area contributed by atoms with Gasteiger partial charge in [0.1, 0.15) is 11.5 Å². The predicted molar refractivity (Wildman–Crippen MR) is 79.8 cm³/mol. The standard InChI is InChI=1S/C13H12ClF6NO3.ClH/c14-3-4-21-11(22)9-5-8(23-6-12(15,16)17)1-2-10(9)24-7-13(18,19)20;/h1-2,5H,3-4,6-7H2,(H,21,22);1H. The number of hydrogen-bond donors (Lipinski definition) is 1. The lowest BCUT2D eigenvalue weighted by molar-refractivity contribution is -0.154. The molecule has 1 aromatic carbocycles. The Balaban J connectivity index is 0.00000576. The van der Waals surface area contributed by atoms with Gasteiger partial charge in [-0.15, -0.1) is 24.0 Å². The molecule has 25 heavy (non-hydrogen) atoms. The molecule has 1 N–H and O–H groups in total. The maximum atomic E-state index is 12.2. The van der Waals surface area contributed by atoms with Crippen LogP contribution in [-0.2, 0) is 0 Å². The summed E-state index contributed by atoms with van der Waals surface area (Å²) in [5.41, 5.74) is -0.399. The zero-order valence-corrected chi connectivity index (χ0v) is 13.9. The topological polar surface area (TPSA) is 47.6 Å². The van der Waals surface area contributed by atoms with Crippen molar-refractivity contribution in [1.29, 1.82) is 0 Å². The molecule has 0 aliphatic carbocycles. The number of carbonyl (C=O) groups is 1. The summed E-state index contributed by atoms with van der Waals surface area (Å²) in [5.74, 6) is -1.61. The van der Waals surface area contributed by atoms with Gasteiger partial charge < -0.3 is 14.8 Å². The SMILES string of the molecule is Cl.O=C(NCCCl)c1cc(OCC(F)(F)F)ccc1OCC(F)(F)F. The molecule has 0 spiro atoms. The van der Waals surface area contributed by atoms with Crippen molar-refractivity contribution in [2.75, 3.05) is 25.6 Å². The molecule has 1 aromatic rings. The fraction of sp³-hybridized carbons (Fsp3) is 0.462. The Kier molecular flexibility index (Phi) is 9.20. The van der Waals surface area contributed by atoms with Crippen molar-refractivity contribution >= 4 is 29.9 Å². The molecule has 0 saturated heterocycles. The number of alkyl halides is 7. The molecule has 144 valence electrons. The van der Waals surface area contributed by atoms with Crippen molar-refractivity contribution < 1.29 is 40.6 Å². The van der Waals surface area contributed by atoms with Gasteiger partial charge >= 0.3 is 12.4 Å². The van der Waals surface area contributed by atoms with E-state index in [1.54, 1.807) is 0 Å². The van der Waals surface area contributed by atoms with Gasteiger partial charge in [-0.1, -0.05) is 0 Å². The van der Waals surface area contributed by atoms with Crippen molar-refractivity contribution in [3.8, 4) is 11.5 Å². The van der Waals surface area contributed by atoms with Gasteiger partial charge in [-0.25, -0.2) is 0 Å². The van der Waals surface area contributed by atoms with Gasteiger partial charge in [0.05, 0.1) is 5.56 Å². The monoisotopic (exact) mass is 415 g/mol. The Morgan fingerprint density at radius 1 is 1.04 bits per heavy atom. The van der Waals surface area contributed by atoms with Crippen LogP contribution in [0.5, 0.6) is 11.5 Å². The number of carbonyl (C=O) groups excluding carboxylic acids is 1. The summed E-state index contributed by atoms with van der Waals surface area (Å²) in [6.07, 6.45) is -9.25. The Bertz CT molecular complexity index is 566. The van der Waals surface area contributed by atoms with Crippen LogP contribution in [0.25, 0.3) is 0 Å². The van der Waals surface area contributed by atoms with Gasteiger partial charge in [0.25, 0.3) is 5.91 Å². The summed E-state index contributed by atoms with van der Waals surface area (Å²) in [7, 11) is 0. The first-order chi connectivity index (χ1) is 11.0. The van der Waals surface area contributed by atoms with E-state index in [-0.39, 0.29) is 30.6 Å². The Hall–Kier alpha value is -1.55. The third-order valence-electron chi connectivity index (χ3n) is 2.37. The van der Waals surface area contributed by atoms with E-state index in [9.17, 15) is 31.1 Å². The van der Waals surface area contributed by atoms with Gasteiger partial charge in [-0.2, -0.15) is 26.3 Å². The van der Waals surface area contributed by atoms with Gasteiger partial charge in [0, 0.05) is 12.4 Å². The van der Waals surface area contributed by atoms with Crippen LogP contribution < -0.4 is 14.8 Å². The quantitative estimate of drug-likeness (QED) is 0.541. The van der Waals surface area contributed by atoms with Crippen molar-refractivity contribution in [3.63, 3.8) is 0 Å². The van der Waals surface area contributed by atoms with Crippen molar-refractivity contribution in [2.45, 2.75) is 12.4 Å². The van der Waals surface area contributed by atoms with Crippen LogP contribution in [0.15, 0.2) is 18.2 Å². The average Bonchev–Trinajstić information content (AvgIpc) is 2.47. The second-order valence-electron chi connectivity index (χ2n) is 4.41. The molecule has 1 amide bonds. The van der Waals surface area contributed by atoms with Crippen molar-refractivity contribution in [3.05, 3.63) is 23.8 Å². The largest absolute Gasteiger partial charge is 0.484 e. The normalized spacial score (nSPS) is 11.5. The molecule has 0 atom stereocenters. The number of benzene rings is 1. The predicted octanol–water partition coefficient (Wildman–Crippen LogP) is 3.96. The second kappa shape index (κ2) is 9.81. The highest BCUT2D eigenvalue weighted by Gasteiger charge is 2.30. The molecule has 0 saturated carbocycles. The molecule has 0 bridgehead atoms. The molecular formula is C13H13Cl2F6NO3. The minimum atomic E-state index is -4.64. The lowest BCUT2D eigenvalue weighted by Crippen LogP contribution is -2.27. The van der Waals surface area contributed by atoms with Crippen LogP contribution in [0.4, 0.5) is 26.3 Å². The number of nitrogens with one attached hydrogen (secondary N) is 1. The smallest absolute Gasteiger partial charge is 0.422 e. The van der Waals surface area contributed by atoms with E-state index in [1.165, 1.54) is 0 Å². The van der Waals surface area contributed by atoms with Gasteiger partial charge in [0.2, 0.25) is 0 Å². The van der Waals surface area contributed by atoms with Crippen LogP contribution in [0, 0.1) is 0 Å². The second-order valence-corrected chi connectivity index (χ2v) is 4.79. The summed E-state index contributed by atoms with van der Waals surface area (Å²) in [4.78, 5) is 11.9. The fourth-order valence-electron chi connectivity index (χ4n) is 1.48. The van der Waals surface area contributed by atoms with E-state index in [0.29, 0.717) is 0 Å². The maximum Gasteiger partial charge on any atom is 0.422 e. The first-order valence-corrected chi connectivity index (χ1v) is 6.92. The molecule has 0 heterocycles. The lowest BCUT2D eigenvalue weighted by atomic mass is 10.1. The van der Waals surface area contributed by atoms with E-state index >= 15 is 0 Å². The van der Waals surface area contributed by atoms with Crippen LogP contribution in [0.2, 0.25) is 0 Å². The molecule has 0 radical (unpaired) electrons. The average molecular weight is 416 g/mol. The third-order valence-corrected chi connectivity index (χ3v) is 2.56. The van der Waals surface area contributed by atoms with Crippen LogP contribution in [-0.4, -0.2) is 43.9 Å². The fourth-order valence-corrected chi connectivity index (χ4v) is 1.58. The summed E-state index contributed by atoms with van der Waals surface area (Å²) < 4.78 is 82.0. The van der Waals surface area contributed by atoms with E-state index in [2.05, 4.69) is 14.8 Å². The van der Waals surface area contributed by atoms with Crippen molar-refractivity contribution in [2.24, 2.45) is 0 Å². The molecular weight excluding hydrogens is 403 g/mol. The molecule has 4 nitrogen and oxygen atoms in total. The van der Waals surface area contributed by atoms with E-state index in [0.717, 1.165) is 18.2 Å². The minimum Gasteiger partial charge on any atom is -0.484 e. The molecule has 0 fully saturated rings.